The molecule has 0 amide bonds. The smallest absolute Gasteiger partial charge is 0.0532 e. The van der Waals surface area contributed by atoms with Gasteiger partial charge in [-0.1, -0.05) is 13.0 Å². The van der Waals surface area contributed by atoms with Crippen LogP contribution < -0.4 is 5.73 Å². The van der Waals surface area contributed by atoms with E-state index in [1.807, 2.05) is 13.0 Å². The van der Waals surface area contributed by atoms with Crippen LogP contribution in [0.15, 0.2) is 23.1 Å². The van der Waals surface area contributed by atoms with Crippen molar-refractivity contribution in [3.05, 3.63) is 29.3 Å². The predicted octanol–water partition coefficient (Wildman–Crippen LogP) is 1.88. The lowest BCUT2D eigenvalue weighted by Crippen LogP contribution is -2.17. The number of aryl methyl sites for hydroxylation is 2. The van der Waals surface area contributed by atoms with E-state index >= 15 is 0 Å². The first-order chi connectivity index (χ1) is 7.70. The van der Waals surface area contributed by atoms with Gasteiger partial charge < -0.3 is 5.73 Å². The minimum Gasteiger partial charge on any atom is -0.330 e. The van der Waals surface area contributed by atoms with Gasteiger partial charge in [0.05, 0.1) is 10.8 Å². The molecular weight excluding hydrogens is 218 g/mol. The molecule has 3 heteroatoms. The first-order valence-corrected chi connectivity index (χ1v) is 7.23. The van der Waals surface area contributed by atoms with Gasteiger partial charge in [0.1, 0.15) is 0 Å². The highest BCUT2D eigenvalue weighted by molar-refractivity contribution is 7.85. The second kappa shape index (κ2) is 5.11. The molecule has 1 aliphatic carbocycles. The van der Waals surface area contributed by atoms with Crippen molar-refractivity contribution in [1.29, 1.82) is 0 Å². The van der Waals surface area contributed by atoms with Crippen molar-refractivity contribution in [2.45, 2.75) is 31.1 Å². The van der Waals surface area contributed by atoms with Gasteiger partial charge in [-0.25, -0.2) is 0 Å². The minimum atomic E-state index is -0.886. The Hall–Kier alpha value is -0.670. The standard InChI is InChI=1S/C13H19NOS/c1-10(8-14)9-16(15)13-6-5-11-3-2-4-12(11)7-13/h5-7,10H,2-4,8-9,14H2,1H3. The molecule has 2 unspecified atom stereocenters. The van der Waals surface area contributed by atoms with Crippen LogP contribution in [0.2, 0.25) is 0 Å². The zero-order valence-corrected chi connectivity index (χ0v) is 10.6. The summed E-state index contributed by atoms with van der Waals surface area (Å²) >= 11 is 0. The fourth-order valence-corrected chi connectivity index (χ4v) is 3.45. The topological polar surface area (TPSA) is 43.1 Å². The molecule has 0 saturated carbocycles. The quantitative estimate of drug-likeness (QED) is 0.869. The molecule has 2 nitrogen and oxygen atoms in total. The molecule has 0 radical (unpaired) electrons. The largest absolute Gasteiger partial charge is 0.330 e. The van der Waals surface area contributed by atoms with E-state index in [9.17, 15) is 4.21 Å². The van der Waals surface area contributed by atoms with Gasteiger partial charge in [0.15, 0.2) is 0 Å². The van der Waals surface area contributed by atoms with Crippen LogP contribution in [0.5, 0.6) is 0 Å². The number of hydrogen-bond acceptors (Lipinski definition) is 2. The lowest BCUT2D eigenvalue weighted by Gasteiger charge is -2.09. The molecule has 2 atom stereocenters. The summed E-state index contributed by atoms with van der Waals surface area (Å²) in [6, 6.07) is 6.29. The molecule has 0 saturated heterocycles. The molecule has 0 aliphatic heterocycles. The van der Waals surface area contributed by atoms with Crippen LogP contribution in [0.3, 0.4) is 0 Å². The van der Waals surface area contributed by atoms with Gasteiger partial charge in [0.2, 0.25) is 0 Å². The summed E-state index contributed by atoms with van der Waals surface area (Å²) in [6.45, 7) is 2.65. The lowest BCUT2D eigenvalue weighted by atomic mass is 10.1. The van der Waals surface area contributed by atoms with Crippen molar-refractivity contribution in [1.82, 2.24) is 0 Å². The number of benzene rings is 1. The van der Waals surface area contributed by atoms with Crippen molar-refractivity contribution in [3.8, 4) is 0 Å². The van der Waals surface area contributed by atoms with E-state index in [4.69, 9.17) is 5.73 Å². The number of nitrogens with two attached hydrogens (primary N) is 1. The molecule has 0 spiro atoms. The van der Waals surface area contributed by atoms with Crippen LogP contribution >= 0.6 is 0 Å². The van der Waals surface area contributed by atoms with E-state index in [1.54, 1.807) is 0 Å². The van der Waals surface area contributed by atoms with E-state index in [0.717, 1.165) is 11.3 Å². The fourth-order valence-electron chi connectivity index (χ4n) is 2.11. The summed E-state index contributed by atoms with van der Waals surface area (Å²) in [5.74, 6) is 1.00. The zero-order valence-electron chi connectivity index (χ0n) is 9.74. The van der Waals surface area contributed by atoms with Crippen LogP contribution in [-0.4, -0.2) is 16.5 Å². The Labute approximate surface area is 99.7 Å². The molecule has 0 bridgehead atoms. The van der Waals surface area contributed by atoms with Crippen molar-refractivity contribution in [3.63, 3.8) is 0 Å². The lowest BCUT2D eigenvalue weighted by molar-refractivity contribution is 0.641. The maximum absolute atomic E-state index is 12.1. The summed E-state index contributed by atoms with van der Waals surface area (Å²) < 4.78 is 12.1. The Kier molecular flexibility index (Phi) is 3.77. The van der Waals surface area contributed by atoms with Crippen LogP contribution in [0.1, 0.15) is 24.5 Å². The van der Waals surface area contributed by atoms with Crippen LogP contribution in [0.4, 0.5) is 0 Å². The highest BCUT2D eigenvalue weighted by Crippen LogP contribution is 2.24. The van der Waals surface area contributed by atoms with E-state index < -0.39 is 10.8 Å². The molecule has 0 fully saturated rings. The molecule has 16 heavy (non-hydrogen) atoms. The second-order valence-electron chi connectivity index (χ2n) is 4.64. The third-order valence-corrected chi connectivity index (χ3v) is 4.82. The average molecular weight is 237 g/mol. The van der Waals surface area contributed by atoms with Crippen molar-refractivity contribution < 1.29 is 4.21 Å². The number of rotatable bonds is 4. The highest BCUT2D eigenvalue weighted by atomic mass is 32.2. The van der Waals surface area contributed by atoms with Crippen LogP contribution in [0.25, 0.3) is 0 Å². The summed E-state index contributed by atoms with van der Waals surface area (Å²) in [4.78, 5) is 0.973. The van der Waals surface area contributed by atoms with Crippen LogP contribution in [0, 0.1) is 5.92 Å². The van der Waals surface area contributed by atoms with Gasteiger partial charge in [-0.15, -0.1) is 0 Å². The molecule has 88 valence electrons. The van der Waals surface area contributed by atoms with Crippen molar-refractivity contribution in [2.75, 3.05) is 12.3 Å². The summed E-state index contributed by atoms with van der Waals surface area (Å²) in [7, 11) is -0.886. The SMILES string of the molecule is CC(CN)CS(=O)c1ccc2c(c1)CCC2. The minimum absolute atomic E-state index is 0.328. The van der Waals surface area contributed by atoms with E-state index in [2.05, 4.69) is 12.1 Å². The normalized spacial score (nSPS) is 18.1. The van der Waals surface area contributed by atoms with Gasteiger partial charge in [0.25, 0.3) is 0 Å². The maximum Gasteiger partial charge on any atom is 0.0532 e. The van der Waals surface area contributed by atoms with Gasteiger partial charge in [-0.3, -0.25) is 4.21 Å². The summed E-state index contributed by atoms with van der Waals surface area (Å²) in [5, 5.41) is 0. The summed E-state index contributed by atoms with van der Waals surface area (Å²) in [5.41, 5.74) is 8.39. The Morgan fingerprint density at radius 2 is 2.12 bits per heavy atom. The molecule has 0 aromatic heterocycles. The van der Waals surface area contributed by atoms with E-state index in [1.165, 1.54) is 24.0 Å². The van der Waals surface area contributed by atoms with Gasteiger partial charge in [-0.05, 0) is 55.0 Å². The van der Waals surface area contributed by atoms with E-state index in [0.29, 0.717) is 18.2 Å². The molecule has 1 aromatic rings. The Balaban J connectivity index is 2.12. The molecule has 1 aliphatic rings. The third kappa shape index (κ3) is 2.53. The molecule has 2 rings (SSSR count). The molecule has 2 N–H and O–H groups in total. The third-order valence-electron chi connectivity index (χ3n) is 3.17. The average Bonchev–Trinajstić information content (AvgIpc) is 2.75. The summed E-state index contributed by atoms with van der Waals surface area (Å²) in [6.07, 6.45) is 3.57. The van der Waals surface area contributed by atoms with Crippen LogP contribution in [-0.2, 0) is 23.6 Å². The number of hydrogen-bond donors (Lipinski definition) is 1. The first-order valence-electron chi connectivity index (χ1n) is 5.91. The molecular formula is C13H19NOS. The second-order valence-corrected chi connectivity index (χ2v) is 6.13. The highest BCUT2D eigenvalue weighted by Gasteiger charge is 2.14. The molecule has 1 aromatic carbocycles. The first kappa shape index (κ1) is 11.8. The zero-order chi connectivity index (χ0) is 11.5. The molecule has 0 heterocycles. The van der Waals surface area contributed by atoms with Crippen molar-refractivity contribution in [2.24, 2.45) is 11.7 Å². The Morgan fingerprint density at radius 3 is 2.88 bits per heavy atom. The number of fused-ring (bicyclic) bond motifs is 1. The van der Waals surface area contributed by atoms with Gasteiger partial charge in [-0.2, -0.15) is 0 Å². The van der Waals surface area contributed by atoms with Gasteiger partial charge in [0, 0.05) is 10.6 Å². The fraction of sp³-hybridized carbons (Fsp3) is 0.538. The van der Waals surface area contributed by atoms with Crippen molar-refractivity contribution >= 4 is 10.8 Å². The van der Waals surface area contributed by atoms with Gasteiger partial charge >= 0.3 is 0 Å². The predicted molar refractivity (Wildman–Crippen MR) is 68.0 cm³/mol. The monoisotopic (exact) mass is 237 g/mol. The van der Waals surface area contributed by atoms with E-state index in [-0.39, 0.29) is 0 Å². The maximum atomic E-state index is 12.1. The Morgan fingerprint density at radius 1 is 1.38 bits per heavy atom. The Bertz CT molecular complexity index is 403.